The van der Waals surface area contributed by atoms with Crippen LogP contribution in [0.1, 0.15) is 27.2 Å². The topological polar surface area (TPSA) is 97.5 Å². The molecule has 2 saturated heterocycles. The molecule has 2 aliphatic heterocycles. The van der Waals surface area contributed by atoms with E-state index in [1.165, 1.54) is 12.1 Å². The predicted octanol–water partition coefficient (Wildman–Crippen LogP) is 3.84. The summed E-state index contributed by atoms with van der Waals surface area (Å²) in [4.78, 5) is 30.2. The van der Waals surface area contributed by atoms with Gasteiger partial charge in [-0.1, -0.05) is 0 Å². The van der Waals surface area contributed by atoms with E-state index in [1.54, 1.807) is 17.0 Å². The van der Waals surface area contributed by atoms with Gasteiger partial charge in [0.15, 0.2) is 5.82 Å². The Morgan fingerprint density at radius 3 is 2.35 bits per heavy atom. The summed E-state index contributed by atoms with van der Waals surface area (Å²) in [7, 11) is 0. The summed E-state index contributed by atoms with van der Waals surface area (Å²) in [5, 5.41) is 0. The van der Waals surface area contributed by atoms with Crippen LogP contribution in [-0.4, -0.2) is 56.7 Å². The molecule has 0 unspecified atom stereocenters. The van der Waals surface area contributed by atoms with Crippen LogP contribution in [0.3, 0.4) is 0 Å². The molecule has 0 radical (unpaired) electrons. The fourth-order valence-corrected chi connectivity index (χ4v) is 4.47. The van der Waals surface area contributed by atoms with Crippen LogP contribution in [-0.2, 0) is 4.74 Å². The molecule has 4 heterocycles. The van der Waals surface area contributed by atoms with Crippen molar-refractivity contribution in [3.05, 3.63) is 42.2 Å². The van der Waals surface area contributed by atoms with E-state index in [4.69, 9.17) is 15.5 Å². The molecule has 2 N–H and O–H groups in total. The van der Waals surface area contributed by atoms with E-state index in [2.05, 4.69) is 14.9 Å². The van der Waals surface area contributed by atoms with Gasteiger partial charge in [-0.25, -0.2) is 19.2 Å². The van der Waals surface area contributed by atoms with Crippen LogP contribution in [0, 0.1) is 5.82 Å². The summed E-state index contributed by atoms with van der Waals surface area (Å²) in [6.07, 6.45) is 0.552. The molecule has 11 heteroatoms. The zero-order valence-electron chi connectivity index (χ0n) is 19.2. The van der Waals surface area contributed by atoms with Crippen molar-refractivity contribution in [2.24, 2.45) is 0 Å². The molecule has 3 aromatic rings. The van der Waals surface area contributed by atoms with Crippen LogP contribution >= 0.6 is 27.0 Å². The third-order valence-electron chi connectivity index (χ3n) is 5.82. The number of hydrogen-bond donors (Lipinski definition) is 1. The minimum Gasteiger partial charge on any atom is -0.444 e. The van der Waals surface area contributed by atoms with Gasteiger partial charge < -0.3 is 20.3 Å². The second-order valence-electron chi connectivity index (χ2n) is 9.30. The number of rotatable bonds is 2. The largest absolute Gasteiger partial charge is 0.444 e. The van der Waals surface area contributed by atoms with E-state index in [-0.39, 0.29) is 56.9 Å². The normalized spacial score (nSPS) is 19.1. The Kier molecular flexibility index (Phi) is 7.18. The highest BCUT2D eigenvalue weighted by atomic mass is 32.1. The number of nitrogen functional groups attached to an aromatic ring is 1. The lowest BCUT2D eigenvalue weighted by Crippen LogP contribution is -2.50. The molecule has 5 rings (SSSR count). The fraction of sp³-hybridized carbons (Fsp3) is 0.391. The van der Waals surface area contributed by atoms with E-state index >= 15 is 0 Å². The third kappa shape index (κ3) is 4.85. The fourth-order valence-electron chi connectivity index (χ4n) is 4.47. The van der Waals surface area contributed by atoms with Gasteiger partial charge in [-0.3, -0.25) is 0 Å². The van der Waals surface area contributed by atoms with Gasteiger partial charge in [0, 0.05) is 18.7 Å². The van der Waals surface area contributed by atoms with Crippen LogP contribution in [0.25, 0.3) is 22.3 Å². The maximum Gasteiger partial charge on any atom is 0.410 e. The van der Waals surface area contributed by atoms with Crippen molar-refractivity contribution in [3.8, 4) is 11.3 Å². The number of likely N-dealkylation sites (tertiary alicyclic amines) is 1. The van der Waals surface area contributed by atoms with Gasteiger partial charge in [0.25, 0.3) is 0 Å². The van der Waals surface area contributed by atoms with E-state index in [1.807, 2.05) is 32.9 Å². The number of hydrogen-bond acceptors (Lipinski definition) is 7. The van der Waals surface area contributed by atoms with Crippen molar-refractivity contribution in [2.45, 2.75) is 44.9 Å². The summed E-state index contributed by atoms with van der Waals surface area (Å²) in [5.74, 6) is 0.539. The van der Waals surface area contributed by atoms with Crippen molar-refractivity contribution in [3.63, 3.8) is 0 Å². The monoisotopic (exact) mass is 504 g/mol. The van der Waals surface area contributed by atoms with Gasteiger partial charge in [-0.05, 0) is 63.6 Å². The number of anilines is 2. The molecule has 34 heavy (non-hydrogen) atoms. The van der Waals surface area contributed by atoms with E-state index in [0.29, 0.717) is 35.6 Å². The standard InChI is InChI=1S/C23H25FN6O2.2H2S/c1-23(2,3)32-22(31)30-12-15-10-16(30)11-29(15)20-19-18(27-21(25)28-20)9-8-17(26-19)13-4-6-14(24)7-5-13;;/h4-9,15-16H,10-12H2,1-3H3,(H2,25,27,28);2*1H2/t15-,16-;;/m1../s1. The smallest absolute Gasteiger partial charge is 0.410 e. The van der Waals surface area contributed by atoms with Crippen molar-refractivity contribution < 1.29 is 13.9 Å². The minimum atomic E-state index is -0.531. The predicted molar refractivity (Wildman–Crippen MR) is 140 cm³/mol. The maximum atomic E-state index is 13.3. The Balaban J connectivity index is 0.00000162. The molecular weight excluding hydrogens is 475 g/mol. The molecule has 0 spiro atoms. The maximum absolute atomic E-state index is 13.3. The molecule has 2 bridgehead atoms. The number of ether oxygens (including phenoxy) is 1. The van der Waals surface area contributed by atoms with Gasteiger partial charge in [-0.2, -0.15) is 32.0 Å². The first kappa shape index (κ1) is 25.8. The number of pyridine rings is 1. The summed E-state index contributed by atoms with van der Waals surface area (Å²) >= 11 is 0. The molecule has 0 saturated carbocycles. The number of nitrogens with zero attached hydrogens (tertiary/aromatic N) is 5. The molecule has 1 amide bonds. The lowest BCUT2D eigenvalue weighted by Gasteiger charge is -2.35. The van der Waals surface area contributed by atoms with Crippen LogP contribution < -0.4 is 10.6 Å². The van der Waals surface area contributed by atoms with Crippen molar-refractivity contribution >= 4 is 55.9 Å². The number of amides is 1. The Bertz CT molecular complexity index is 1200. The number of aromatic nitrogens is 3. The lowest BCUT2D eigenvalue weighted by atomic mass is 10.1. The number of carbonyl (C=O) groups excluding carboxylic acids is 1. The highest BCUT2D eigenvalue weighted by molar-refractivity contribution is 7.59. The van der Waals surface area contributed by atoms with Gasteiger partial charge in [0.2, 0.25) is 5.95 Å². The first-order valence-electron chi connectivity index (χ1n) is 10.6. The molecule has 2 aliphatic rings. The van der Waals surface area contributed by atoms with Crippen LogP contribution in [0.2, 0.25) is 0 Å². The Morgan fingerprint density at radius 2 is 1.74 bits per heavy atom. The average Bonchev–Trinajstić information content (AvgIpc) is 3.33. The number of benzene rings is 1. The Labute approximate surface area is 211 Å². The number of carbonyl (C=O) groups is 1. The molecular formula is C23H29FN6O2S2. The highest BCUT2D eigenvalue weighted by Gasteiger charge is 2.47. The van der Waals surface area contributed by atoms with E-state index in [9.17, 15) is 9.18 Å². The summed E-state index contributed by atoms with van der Waals surface area (Å²) in [5.41, 5.74) is 8.25. The first-order chi connectivity index (χ1) is 15.2. The molecule has 0 aliphatic carbocycles. The molecule has 2 fully saturated rings. The average molecular weight is 505 g/mol. The second kappa shape index (κ2) is 9.46. The van der Waals surface area contributed by atoms with Crippen molar-refractivity contribution in [1.82, 2.24) is 19.9 Å². The number of fused-ring (bicyclic) bond motifs is 3. The quantitative estimate of drug-likeness (QED) is 0.566. The molecule has 2 atom stereocenters. The number of nitrogens with two attached hydrogens (primary N) is 1. The third-order valence-corrected chi connectivity index (χ3v) is 5.82. The van der Waals surface area contributed by atoms with E-state index in [0.717, 1.165) is 12.0 Å². The van der Waals surface area contributed by atoms with E-state index < -0.39 is 5.60 Å². The molecule has 8 nitrogen and oxygen atoms in total. The lowest BCUT2D eigenvalue weighted by molar-refractivity contribution is 0.0214. The van der Waals surface area contributed by atoms with Gasteiger partial charge in [0.05, 0.1) is 23.3 Å². The molecule has 182 valence electrons. The minimum absolute atomic E-state index is 0. The zero-order valence-corrected chi connectivity index (χ0v) is 21.2. The van der Waals surface area contributed by atoms with Crippen LogP contribution in [0.4, 0.5) is 21.0 Å². The van der Waals surface area contributed by atoms with Crippen LogP contribution in [0.5, 0.6) is 0 Å². The SMILES string of the molecule is CC(C)(C)OC(=O)N1C[C@H]2C[C@@H]1CN2c1nc(N)nc2ccc(-c3ccc(F)cc3)nc12.S.S. The Morgan fingerprint density at radius 1 is 1.03 bits per heavy atom. The van der Waals surface area contributed by atoms with Crippen molar-refractivity contribution in [2.75, 3.05) is 23.7 Å². The van der Waals surface area contributed by atoms with Gasteiger partial charge in [0.1, 0.15) is 16.9 Å². The number of piperazine rings is 1. The number of halogens is 1. The summed E-state index contributed by atoms with van der Waals surface area (Å²) in [6, 6.07) is 10.0. The van der Waals surface area contributed by atoms with Gasteiger partial charge >= 0.3 is 6.09 Å². The van der Waals surface area contributed by atoms with Crippen molar-refractivity contribution in [1.29, 1.82) is 0 Å². The Hall–Kier alpha value is -2.79. The summed E-state index contributed by atoms with van der Waals surface area (Å²) < 4.78 is 18.9. The summed E-state index contributed by atoms with van der Waals surface area (Å²) in [6.45, 7) is 6.78. The van der Waals surface area contributed by atoms with Gasteiger partial charge in [-0.15, -0.1) is 0 Å². The highest BCUT2D eigenvalue weighted by Crippen LogP contribution is 2.37. The first-order valence-corrected chi connectivity index (χ1v) is 10.6. The molecule has 1 aromatic carbocycles. The van der Waals surface area contributed by atoms with Crippen LogP contribution in [0.15, 0.2) is 36.4 Å². The zero-order chi connectivity index (χ0) is 22.6. The second-order valence-corrected chi connectivity index (χ2v) is 9.30. The molecule has 2 aromatic heterocycles.